The van der Waals surface area contributed by atoms with Crippen molar-refractivity contribution in [3.63, 3.8) is 0 Å². The maximum atomic E-state index is 12.1. The third-order valence-corrected chi connectivity index (χ3v) is 4.50. The van der Waals surface area contributed by atoms with E-state index in [9.17, 15) is 4.79 Å². The van der Waals surface area contributed by atoms with Crippen LogP contribution >= 0.6 is 37.2 Å². The topological polar surface area (TPSA) is 84.0 Å². The molecule has 1 aliphatic rings. The summed E-state index contributed by atoms with van der Waals surface area (Å²) in [6.07, 6.45) is 1.41. The predicted molar refractivity (Wildman–Crippen MR) is 122 cm³/mol. The van der Waals surface area contributed by atoms with Gasteiger partial charge in [-0.1, -0.05) is 0 Å². The number of rotatable bonds is 7. The number of carbonyl (C=O) groups is 1. The number of likely N-dealkylation sites (N-methyl/N-ethyl adjacent to an activating group) is 1. The number of nitrogens with one attached hydrogen (secondary N) is 1. The Balaban J connectivity index is 0.00000261. The Bertz CT molecular complexity index is 720. The summed E-state index contributed by atoms with van der Waals surface area (Å²) in [4.78, 5) is 16.9. The van der Waals surface area contributed by atoms with Gasteiger partial charge in [-0.2, -0.15) is 0 Å². The molecule has 0 aliphatic carbocycles. The minimum atomic E-state index is -0.225. The first kappa shape index (κ1) is 27.5. The molecule has 2 heterocycles. The maximum absolute atomic E-state index is 12.1. The second-order valence-corrected chi connectivity index (χ2v) is 6.48. The Kier molecular flexibility index (Phi) is 13.0. The number of nitrogens with zero attached hydrogens (tertiary/aromatic N) is 2. The Morgan fingerprint density at radius 2 is 1.79 bits per heavy atom. The first-order chi connectivity index (χ1) is 12.6. The number of hydrogen-bond donors (Lipinski definition) is 2. The molecule has 0 bridgehead atoms. The number of halogens is 3. The molecule has 1 aromatic carbocycles. The molecule has 1 amide bonds. The second kappa shape index (κ2) is 13.7. The number of furan rings is 1. The summed E-state index contributed by atoms with van der Waals surface area (Å²) in [5.74, 6) is 1.15. The van der Waals surface area contributed by atoms with Crippen molar-refractivity contribution in [1.29, 1.82) is 0 Å². The van der Waals surface area contributed by atoms with E-state index in [0.717, 1.165) is 38.5 Å². The molecule has 1 aliphatic heterocycles. The fraction of sp³-hybridized carbons (Fsp3) is 0.421. The van der Waals surface area contributed by atoms with Gasteiger partial charge in [0.2, 0.25) is 0 Å². The number of carbonyl (C=O) groups excluding carboxylic acids is 1. The van der Waals surface area contributed by atoms with Crippen molar-refractivity contribution in [2.24, 2.45) is 5.73 Å². The number of benzene rings is 1. The summed E-state index contributed by atoms with van der Waals surface area (Å²) >= 11 is 0. The van der Waals surface area contributed by atoms with Gasteiger partial charge in [-0.25, -0.2) is 0 Å². The first-order valence-electron chi connectivity index (χ1n) is 8.86. The number of amides is 1. The molecule has 0 saturated carbocycles. The van der Waals surface area contributed by atoms with Crippen molar-refractivity contribution in [3.8, 4) is 5.75 Å². The van der Waals surface area contributed by atoms with E-state index in [0.29, 0.717) is 23.6 Å². The van der Waals surface area contributed by atoms with Crippen molar-refractivity contribution < 1.29 is 13.9 Å². The quantitative estimate of drug-likeness (QED) is 0.651. The van der Waals surface area contributed by atoms with E-state index in [2.05, 4.69) is 22.2 Å². The van der Waals surface area contributed by atoms with Crippen LogP contribution in [-0.2, 0) is 6.54 Å². The van der Waals surface area contributed by atoms with Gasteiger partial charge in [0.15, 0.2) is 0 Å². The predicted octanol–water partition coefficient (Wildman–Crippen LogP) is 2.88. The van der Waals surface area contributed by atoms with Gasteiger partial charge in [-0.3, -0.25) is 9.69 Å². The van der Waals surface area contributed by atoms with Gasteiger partial charge < -0.3 is 25.1 Å². The van der Waals surface area contributed by atoms with Crippen molar-refractivity contribution in [3.05, 3.63) is 47.9 Å². The molecule has 0 radical (unpaired) electrons. The zero-order valence-corrected chi connectivity index (χ0v) is 18.8. The molecule has 0 spiro atoms. The van der Waals surface area contributed by atoms with E-state index in [-0.39, 0.29) is 49.7 Å². The summed E-state index contributed by atoms with van der Waals surface area (Å²) in [5.41, 5.74) is 6.64. The molecule has 164 valence electrons. The fourth-order valence-corrected chi connectivity index (χ4v) is 2.81. The molecule has 7 nitrogen and oxygen atoms in total. The van der Waals surface area contributed by atoms with Crippen molar-refractivity contribution in [2.45, 2.75) is 6.54 Å². The number of hydrogen-bond acceptors (Lipinski definition) is 6. The molecule has 1 aromatic heterocycles. The molecule has 3 N–H and O–H groups in total. The lowest BCUT2D eigenvalue weighted by molar-refractivity contribution is 0.102. The average molecular weight is 468 g/mol. The van der Waals surface area contributed by atoms with Crippen LogP contribution < -0.4 is 15.8 Å². The molecule has 10 heteroatoms. The Morgan fingerprint density at radius 3 is 2.38 bits per heavy atom. The third-order valence-electron chi connectivity index (χ3n) is 4.50. The van der Waals surface area contributed by atoms with Crippen LogP contribution in [0.2, 0.25) is 0 Å². The second-order valence-electron chi connectivity index (χ2n) is 6.48. The minimum Gasteiger partial charge on any atom is -0.492 e. The molecule has 1 fully saturated rings. The fourth-order valence-electron chi connectivity index (χ4n) is 2.81. The minimum absolute atomic E-state index is 0. The van der Waals surface area contributed by atoms with E-state index in [1.54, 1.807) is 6.07 Å². The van der Waals surface area contributed by atoms with E-state index in [1.165, 1.54) is 6.26 Å². The highest BCUT2D eigenvalue weighted by molar-refractivity contribution is 6.04. The van der Waals surface area contributed by atoms with Gasteiger partial charge in [0.25, 0.3) is 5.91 Å². The zero-order chi connectivity index (χ0) is 18.4. The highest BCUT2D eigenvalue weighted by atomic mass is 35.5. The molecule has 3 rings (SSSR count). The first-order valence-corrected chi connectivity index (χ1v) is 8.86. The number of ether oxygens (including phenoxy) is 1. The van der Waals surface area contributed by atoms with Crippen LogP contribution in [0.1, 0.15) is 16.1 Å². The van der Waals surface area contributed by atoms with Crippen LogP contribution in [0.15, 0.2) is 41.0 Å². The number of anilines is 1. The van der Waals surface area contributed by atoms with E-state index < -0.39 is 0 Å². The molecule has 0 unspecified atom stereocenters. The van der Waals surface area contributed by atoms with Crippen LogP contribution in [0.4, 0.5) is 5.69 Å². The van der Waals surface area contributed by atoms with E-state index in [4.69, 9.17) is 14.9 Å². The lowest BCUT2D eigenvalue weighted by Gasteiger charge is -2.32. The van der Waals surface area contributed by atoms with Crippen molar-refractivity contribution in [1.82, 2.24) is 9.80 Å². The Hall–Kier alpha value is -1.48. The summed E-state index contributed by atoms with van der Waals surface area (Å²) in [6.45, 7) is 6.25. The SMILES string of the molecule is CN1CCN(CCOc2ccc(NC(=O)c3coc(CN)c3)cc2)CC1.Cl.Cl.Cl. The lowest BCUT2D eigenvalue weighted by Crippen LogP contribution is -2.45. The van der Waals surface area contributed by atoms with Crippen LogP contribution in [0.5, 0.6) is 5.75 Å². The van der Waals surface area contributed by atoms with Crippen molar-refractivity contribution in [2.75, 3.05) is 51.7 Å². The largest absolute Gasteiger partial charge is 0.492 e. The number of nitrogens with two attached hydrogens (primary N) is 1. The van der Waals surface area contributed by atoms with E-state index >= 15 is 0 Å². The van der Waals surface area contributed by atoms with Crippen LogP contribution in [0.25, 0.3) is 0 Å². The van der Waals surface area contributed by atoms with Gasteiger partial charge in [-0.05, 0) is 37.4 Å². The molecule has 29 heavy (non-hydrogen) atoms. The summed E-state index contributed by atoms with van der Waals surface area (Å²) in [7, 11) is 2.15. The standard InChI is InChI=1S/C19H26N4O3.3ClH/c1-22-6-8-23(9-7-22)10-11-25-17-4-2-16(3-5-17)21-19(24)15-12-18(13-20)26-14-15;;;/h2-5,12,14H,6-11,13,20H2,1H3,(H,21,24);3*1H. The Labute approximate surface area is 190 Å². The smallest absolute Gasteiger partial charge is 0.258 e. The van der Waals surface area contributed by atoms with Gasteiger partial charge in [-0.15, -0.1) is 37.2 Å². The lowest BCUT2D eigenvalue weighted by atomic mass is 10.2. The van der Waals surface area contributed by atoms with Crippen LogP contribution in [-0.4, -0.2) is 62.1 Å². The van der Waals surface area contributed by atoms with Gasteiger partial charge in [0.05, 0.1) is 12.1 Å². The van der Waals surface area contributed by atoms with Crippen LogP contribution in [0.3, 0.4) is 0 Å². The average Bonchev–Trinajstić information content (AvgIpc) is 3.14. The summed E-state index contributed by atoms with van der Waals surface area (Å²) < 4.78 is 11.0. The van der Waals surface area contributed by atoms with Crippen molar-refractivity contribution >= 4 is 48.8 Å². The maximum Gasteiger partial charge on any atom is 0.258 e. The molecular formula is C19H29Cl3N4O3. The monoisotopic (exact) mass is 466 g/mol. The normalized spacial score (nSPS) is 14.1. The van der Waals surface area contributed by atoms with Gasteiger partial charge in [0, 0.05) is 38.4 Å². The molecule has 1 saturated heterocycles. The van der Waals surface area contributed by atoms with Crippen LogP contribution in [0, 0.1) is 0 Å². The van der Waals surface area contributed by atoms with Gasteiger partial charge >= 0.3 is 0 Å². The van der Waals surface area contributed by atoms with Gasteiger partial charge in [0.1, 0.15) is 24.4 Å². The molecule has 2 aromatic rings. The zero-order valence-electron chi connectivity index (χ0n) is 16.3. The third kappa shape index (κ3) is 8.42. The highest BCUT2D eigenvalue weighted by Crippen LogP contribution is 2.17. The van der Waals surface area contributed by atoms with E-state index in [1.807, 2.05) is 24.3 Å². The Morgan fingerprint density at radius 1 is 1.14 bits per heavy atom. The highest BCUT2D eigenvalue weighted by Gasteiger charge is 2.13. The number of piperazine rings is 1. The molecule has 0 atom stereocenters. The summed E-state index contributed by atoms with van der Waals surface area (Å²) in [6, 6.07) is 9.02. The molecular weight excluding hydrogens is 439 g/mol. The summed E-state index contributed by atoms with van der Waals surface area (Å²) in [5, 5.41) is 2.83.